The summed E-state index contributed by atoms with van der Waals surface area (Å²) in [7, 11) is 1.72. The van der Waals surface area contributed by atoms with Crippen LogP contribution in [-0.4, -0.2) is 37.7 Å². The Labute approximate surface area is 112 Å². The van der Waals surface area contributed by atoms with Crippen molar-refractivity contribution in [2.24, 2.45) is 5.73 Å². The van der Waals surface area contributed by atoms with Crippen LogP contribution in [0.3, 0.4) is 0 Å². The van der Waals surface area contributed by atoms with Crippen molar-refractivity contribution in [3.8, 4) is 0 Å². The first-order valence-electron chi connectivity index (χ1n) is 6.55. The summed E-state index contributed by atoms with van der Waals surface area (Å²) in [6.07, 6.45) is 2.00. The van der Waals surface area contributed by atoms with E-state index in [1.54, 1.807) is 7.11 Å². The molecule has 5 heteroatoms. The topological polar surface area (TPSA) is 38.5 Å². The van der Waals surface area contributed by atoms with Crippen LogP contribution in [0.25, 0.3) is 0 Å². The van der Waals surface area contributed by atoms with E-state index in [4.69, 9.17) is 10.5 Å². The minimum absolute atomic E-state index is 0.294. The van der Waals surface area contributed by atoms with Gasteiger partial charge < -0.3 is 15.4 Å². The highest BCUT2D eigenvalue weighted by molar-refractivity contribution is 5.21. The van der Waals surface area contributed by atoms with Crippen molar-refractivity contribution < 1.29 is 13.5 Å². The van der Waals surface area contributed by atoms with Gasteiger partial charge in [0.15, 0.2) is 0 Å². The van der Waals surface area contributed by atoms with Crippen LogP contribution in [0.1, 0.15) is 24.4 Å². The summed E-state index contributed by atoms with van der Waals surface area (Å²) in [5.74, 6) is -1.16. The molecule has 106 valence electrons. The van der Waals surface area contributed by atoms with E-state index in [-0.39, 0.29) is 6.04 Å². The minimum Gasteiger partial charge on any atom is -0.380 e. The Bertz CT molecular complexity index is 408. The Hall–Kier alpha value is -1.04. The molecule has 1 heterocycles. The third-order valence-corrected chi connectivity index (χ3v) is 3.63. The molecule has 1 aliphatic rings. The number of hydrogen-bond donors (Lipinski definition) is 1. The van der Waals surface area contributed by atoms with Crippen LogP contribution < -0.4 is 5.73 Å². The monoisotopic (exact) mass is 270 g/mol. The molecule has 2 N–H and O–H groups in total. The Morgan fingerprint density at radius 3 is 2.63 bits per heavy atom. The maximum Gasteiger partial charge on any atom is 0.126 e. The molecular formula is C14H20F2N2O. The molecule has 1 saturated heterocycles. The summed E-state index contributed by atoms with van der Waals surface area (Å²) < 4.78 is 31.5. The van der Waals surface area contributed by atoms with Crippen molar-refractivity contribution in [3.63, 3.8) is 0 Å². The molecule has 3 nitrogen and oxygen atoms in total. The standard InChI is InChI=1S/C14H20F2N2O/c1-19-13-2-4-18(9-13)5-3-14(17)10-6-11(15)8-12(16)7-10/h6-8,13-14H,2-5,9,17H2,1H3. The SMILES string of the molecule is COC1CCN(CCC(N)c2cc(F)cc(F)c2)C1. The van der Waals surface area contributed by atoms with Crippen LogP contribution in [0.5, 0.6) is 0 Å². The van der Waals surface area contributed by atoms with Gasteiger partial charge >= 0.3 is 0 Å². The predicted molar refractivity (Wildman–Crippen MR) is 69.8 cm³/mol. The van der Waals surface area contributed by atoms with Crippen molar-refractivity contribution in [3.05, 3.63) is 35.4 Å². The summed E-state index contributed by atoms with van der Waals surface area (Å²) in [6.45, 7) is 2.71. The van der Waals surface area contributed by atoms with Gasteiger partial charge in [-0.2, -0.15) is 0 Å². The minimum atomic E-state index is -0.578. The first-order chi connectivity index (χ1) is 9.08. The molecule has 0 aliphatic carbocycles. The number of methoxy groups -OCH3 is 1. The van der Waals surface area contributed by atoms with Gasteiger partial charge in [-0.05, 0) is 30.5 Å². The van der Waals surface area contributed by atoms with Crippen molar-refractivity contribution in [2.75, 3.05) is 26.7 Å². The van der Waals surface area contributed by atoms with Crippen LogP contribution in [0.2, 0.25) is 0 Å². The number of ether oxygens (including phenoxy) is 1. The number of hydrogen-bond acceptors (Lipinski definition) is 3. The number of halogens is 2. The lowest BCUT2D eigenvalue weighted by Gasteiger charge is -2.19. The number of benzene rings is 1. The molecule has 0 aromatic heterocycles. The molecular weight excluding hydrogens is 250 g/mol. The molecule has 0 bridgehead atoms. The fourth-order valence-corrected chi connectivity index (χ4v) is 2.47. The largest absolute Gasteiger partial charge is 0.380 e. The Balaban J connectivity index is 1.85. The number of nitrogens with two attached hydrogens (primary N) is 1. The molecule has 1 aromatic carbocycles. The maximum absolute atomic E-state index is 13.1. The van der Waals surface area contributed by atoms with Crippen molar-refractivity contribution in [1.29, 1.82) is 0 Å². The highest BCUT2D eigenvalue weighted by Gasteiger charge is 2.22. The molecule has 1 aliphatic heterocycles. The summed E-state index contributed by atoms with van der Waals surface area (Å²) in [6, 6.07) is 3.12. The number of rotatable bonds is 5. The second-order valence-corrected chi connectivity index (χ2v) is 5.04. The second kappa shape index (κ2) is 6.41. The van der Waals surface area contributed by atoms with Crippen LogP contribution >= 0.6 is 0 Å². The molecule has 2 rings (SSSR count). The van der Waals surface area contributed by atoms with E-state index in [1.807, 2.05) is 0 Å². The molecule has 0 spiro atoms. The molecule has 0 saturated carbocycles. The molecule has 2 atom stereocenters. The average molecular weight is 270 g/mol. The number of nitrogens with zero attached hydrogens (tertiary/aromatic N) is 1. The van der Waals surface area contributed by atoms with Gasteiger partial charge in [0, 0.05) is 38.9 Å². The van der Waals surface area contributed by atoms with Crippen LogP contribution in [0.15, 0.2) is 18.2 Å². The third kappa shape index (κ3) is 3.96. The van der Waals surface area contributed by atoms with Gasteiger partial charge in [-0.25, -0.2) is 8.78 Å². The quantitative estimate of drug-likeness (QED) is 0.890. The summed E-state index contributed by atoms with van der Waals surface area (Å²) >= 11 is 0. The summed E-state index contributed by atoms with van der Waals surface area (Å²) in [5.41, 5.74) is 6.50. The summed E-state index contributed by atoms with van der Waals surface area (Å²) in [5, 5.41) is 0. The van der Waals surface area contributed by atoms with E-state index in [9.17, 15) is 8.78 Å². The van der Waals surface area contributed by atoms with Gasteiger partial charge in [0.05, 0.1) is 6.10 Å². The van der Waals surface area contributed by atoms with E-state index >= 15 is 0 Å². The zero-order valence-electron chi connectivity index (χ0n) is 11.1. The average Bonchev–Trinajstić information content (AvgIpc) is 2.82. The summed E-state index contributed by atoms with van der Waals surface area (Å²) in [4.78, 5) is 2.27. The third-order valence-electron chi connectivity index (χ3n) is 3.63. The van der Waals surface area contributed by atoms with E-state index in [0.29, 0.717) is 18.1 Å². The molecule has 19 heavy (non-hydrogen) atoms. The maximum atomic E-state index is 13.1. The first kappa shape index (κ1) is 14.4. The molecule has 0 radical (unpaired) electrons. The van der Waals surface area contributed by atoms with Crippen LogP contribution in [0.4, 0.5) is 8.78 Å². The van der Waals surface area contributed by atoms with Gasteiger partial charge in [-0.3, -0.25) is 0 Å². The van der Waals surface area contributed by atoms with E-state index in [2.05, 4.69) is 4.90 Å². The Kier molecular flexibility index (Phi) is 4.85. The van der Waals surface area contributed by atoms with Gasteiger partial charge in [0.1, 0.15) is 11.6 Å². The van der Waals surface area contributed by atoms with Crippen LogP contribution in [-0.2, 0) is 4.74 Å². The highest BCUT2D eigenvalue weighted by atomic mass is 19.1. The lowest BCUT2D eigenvalue weighted by Crippen LogP contribution is -2.26. The van der Waals surface area contributed by atoms with Crippen molar-refractivity contribution >= 4 is 0 Å². The lowest BCUT2D eigenvalue weighted by atomic mass is 10.0. The zero-order valence-corrected chi connectivity index (χ0v) is 11.1. The fourth-order valence-electron chi connectivity index (χ4n) is 2.47. The van der Waals surface area contributed by atoms with E-state index < -0.39 is 11.6 Å². The number of likely N-dealkylation sites (tertiary alicyclic amines) is 1. The van der Waals surface area contributed by atoms with E-state index in [1.165, 1.54) is 12.1 Å². The second-order valence-electron chi connectivity index (χ2n) is 5.04. The fraction of sp³-hybridized carbons (Fsp3) is 0.571. The van der Waals surface area contributed by atoms with Crippen molar-refractivity contribution in [2.45, 2.75) is 25.0 Å². The van der Waals surface area contributed by atoms with Gasteiger partial charge in [0.25, 0.3) is 0 Å². The molecule has 1 aromatic rings. The van der Waals surface area contributed by atoms with Gasteiger partial charge in [-0.1, -0.05) is 0 Å². The Morgan fingerprint density at radius 2 is 2.05 bits per heavy atom. The molecule has 2 unspecified atom stereocenters. The normalized spacial score (nSPS) is 21.8. The van der Waals surface area contributed by atoms with Crippen LogP contribution in [0, 0.1) is 11.6 Å². The predicted octanol–water partition coefficient (Wildman–Crippen LogP) is 2.08. The molecule has 0 amide bonds. The van der Waals surface area contributed by atoms with Gasteiger partial charge in [-0.15, -0.1) is 0 Å². The highest BCUT2D eigenvalue weighted by Crippen LogP contribution is 2.19. The molecule has 1 fully saturated rings. The van der Waals surface area contributed by atoms with Gasteiger partial charge in [0.2, 0.25) is 0 Å². The van der Waals surface area contributed by atoms with Crippen molar-refractivity contribution in [1.82, 2.24) is 4.90 Å². The first-order valence-corrected chi connectivity index (χ1v) is 6.55. The smallest absolute Gasteiger partial charge is 0.126 e. The van der Waals surface area contributed by atoms with E-state index in [0.717, 1.165) is 32.1 Å². The Morgan fingerprint density at radius 1 is 1.37 bits per heavy atom. The lowest BCUT2D eigenvalue weighted by molar-refractivity contribution is 0.108. The zero-order chi connectivity index (χ0) is 13.8.